The Labute approximate surface area is 100 Å². The van der Waals surface area contributed by atoms with Crippen molar-refractivity contribution in [2.24, 2.45) is 0 Å². The zero-order valence-corrected chi connectivity index (χ0v) is 9.89. The average Bonchev–Trinajstić information content (AvgIpc) is 2.32. The summed E-state index contributed by atoms with van der Waals surface area (Å²) in [6, 6.07) is 4.92. The molecule has 0 unspecified atom stereocenters. The second-order valence-electron chi connectivity index (χ2n) is 4.55. The molecule has 4 nitrogen and oxygen atoms in total. The van der Waals surface area contributed by atoms with E-state index in [4.69, 9.17) is 0 Å². The highest BCUT2D eigenvalue weighted by molar-refractivity contribution is 5.94. The number of hydrogen-bond acceptors (Lipinski definition) is 3. The number of aryl methyl sites for hydroxylation is 1. The van der Waals surface area contributed by atoms with Crippen molar-refractivity contribution >= 4 is 5.91 Å². The van der Waals surface area contributed by atoms with Crippen LogP contribution in [0.5, 0.6) is 5.75 Å². The van der Waals surface area contributed by atoms with Crippen LogP contribution in [0.4, 0.5) is 0 Å². The van der Waals surface area contributed by atoms with E-state index in [2.05, 4.69) is 0 Å². The van der Waals surface area contributed by atoms with Crippen LogP contribution in [0.15, 0.2) is 18.2 Å². The number of amides is 1. The van der Waals surface area contributed by atoms with Gasteiger partial charge in [0.2, 0.25) is 0 Å². The number of likely N-dealkylation sites (tertiary alicyclic amines) is 1. The van der Waals surface area contributed by atoms with Crippen molar-refractivity contribution in [2.45, 2.75) is 25.9 Å². The maximum Gasteiger partial charge on any atom is 0.254 e. The second kappa shape index (κ2) is 4.75. The van der Waals surface area contributed by atoms with Gasteiger partial charge in [-0.2, -0.15) is 0 Å². The van der Waals surface area contributed by atoms with E-state index in [1.807, 2.05) is 0 Å². The third-order valence-corrected chi connectivity index (χ3v) is 3.14. The van der Waals surface area contributed by atoms with Crippen LogP contribution < -0.4 is 0 Å². The van der Waals surface area contributed by atoms with Gasteiger partial charge in [0.05, 0.1) is 6.10 Å². The Bertz CT molecular complexity index is 431. The zero-order chi connectivity index (χ0) is 12.4. The molecule has 1 aromatic rings. The number of aliphatic hydroxyl groups excluding tert-OH is 1. The van der Waals surface area contributed by atoms with Gasteiger partial charge in [0.1, 0.15) is 5.75 Å². The molecule has 1 saturated heterocycles. The number of piperidine rings is 1. The highest BCUT2D eigenvalue weighted by Gasteiger charge is 2.23. The summed E-state index contributed by atoms with van der Waals surface area (Å²) < 4.78 is 0. The minimum atomic E-state index is -0.424. The van der Waals surface area contributed by atoms with Gasteiger partial charge in [-0.3, -0.25) is 4.79 Å². The van der Waals surface area contributed by atoms with E-state index >= 15 is 0 Å². The van der Waals surface area contributed by atoms with Gasteiger partial charge in [-0.15, -0.1) is 0 Å². The van der Waals surface area contributed by atoms with Crippen LogP contribution in [0.1, 0.15) is 28.8 Å². The van der Waals surface area contributed by atoms with E-state index in [1.54, 1.807) is 24.0 Å². The molecule has 1 fully saturated rings. The normalized spacial score (nSPS) is 20.4. The number of aromatic hydroxyl groups is 1. The monoisotopic (exact) mass is 235 g/mol. The Balaban J connectivity index is 2.15. The van der Waals surface area contributed by atoms with Gasteiger partial charge in [0, 0.05) is 18.7 Å². The number of phenols is 1. The molecule has 1 aromatic carbocycles. The number of hydrogen-bond donors (Lipinski definition) is 2. The maximum absolute atomic E-state index is 12.1. The van der Waals surface area contributed by atoms with Gasteiger partial charge in [0.15, 0.2) is 0 Å². The minimum absolute atomic E-state index is 0.126. The zero-order valence-electron chi connectivity index (χ0n) is 9.89. The number of aliphatic hydroxyl groups is 1. The van der Waals surface area contributed by atoms with Crippen LogP contribution in [0.2, 0.25) is 0 Å². The lowest BCUT2D eigenvalue weighted by atomic mass is 10.1. The minimum Gasteiger partial charge on any atom is -0.508 e. The first kappa shape index (κ1) is 11.9. The first-order chi connectivity index (χ1) is 8.08. The molecule has 0 radical (unpaired) electrons. The lowest BCUT2D eigenvalue weighted by molar-refractivity contribution is 0.0473. The number of nitrogens with zero attached hydrogens (tertiary/aromatic N) is 1. The summed E-state index contributed by atoms with van der Waals surface area (Å²) in [4.78, 5) is 13.7. The molecule has 4 heteroatoms. The maximum atomic E-state index is 12.1. The van der Waals surface area contributed by atoms with Crippen molar-refractivity contribution in [1.29, 1.82) is 0 Å². The summed E-state index contributed by atoms with van der Waals surface area (Å²) in [5.74, 6) is 0.00691. The SMILES string of the molecule is Cc1ccc(C(=O)N2CCC[C@H](O)C2)cc1O. The Morgan fingerprint density at radius 1 is 1.47 bits per heavy atom. The van der Waals surface area contributed by atoms with Crippen LogP contribution in [0, 0.1) is 6.92 Å². The van der Waals surface area contributed by atoms with Gasteiger partial charge < -0.3 is 15.1 Å². The van der Waals surface area contributed by atoms with Gasteiger partial charge in [-0.25, -0.2) is 0 Å². The van der Waals surface area contributed by atoms with Crippen LogP contribution in [0.3, 0.4) is 0 Å². The van der Waals surface area contributed by atoms with Crippen LogP contribution in [0.25, 0.3) is 0 Å². The van der Waals surface area contributed by atoms with E-state index in [-0.39, 0.29) is 11.7 Å². The van der Waals surface area contributed by atoms with Crippen LogP contribution in [-0.4, -0.2) is 40.2 Å². The number of phenolic OH excluding ortho intramolecular Hbond substituents is 1. The molecule has 0 aromatic heterocycles. The first-order valence-corrected chi connectivity index (χ1v) is 5.85. The molecule has 2 rings (SSSR count). The average molecular weight is 235 g/mol. The molecule has 1 amide bonds. The fraction of sp³-hybridized carbons (Fsp3) is 0.462. The third-order valence-electron chi connectivity index (χ3n) is 3.14. The van der Waals surface area contributed by atoms with Gasteiger partial charge >= 0.3 is 0 Å². The molecule has 2 N–H and O–H groups in total. The van der Waals surface area contributed by atoms with Gasteiger partial charge in [-0.05, 0) is 37.5 Å². The van der Waals surface area contributed by atoms with Gasteiger partial charge in [-0.1, -0.05) is 6.07 Å². The van der Waals surface area contributed by atoms with E-state index in [1.165, 1.54) is 6.07 Å². The van der Waals surface area contributed by atoms with Crippen molar-refractivity contribution < 1.29 is 15.0 Å². The summed E-state index contributed by atoms with van der Waals surface area (Å²) in [7, 11) is 0. The van der Waals surface area contributed by atoms with Crippen molar-refractivity contribution in [3.8, 4) is 5.75 Å². The van der Waals surface area contributed by atoms with E-state index in [0.29, 0.717) is 18.7 Å². The summed E-state index contributed by atoms with van der Waals surface area (Å²) in [6.07, 6.45) is 1.15. The third kappa shape index (κ3) is 2.58. The molecular weight excluding hydrogens is 218 g/mol. The molecule has 0 spiro atoms. The van der Waals surface area contributed by atoms with E-state index in [0.717, 1.165) is 18.4 Å². The predicted octanol–water partition coefficient (Wildman–Crippen LogP) is 1.30. The molecule has 1 aliphatic heterocycles. The first-order valence-electron chi connectivity index (χ1n) is 5.85. The molecule has 92 valence electrons. The fourth-order valence-corrected chi connectivity index (χ4v) is 2.06. The molecule has 1 aliphatic rings. The smallest absolute Gasteiger partial charge is 0.254 e. The van der Waals surface area contributed by atoms with Crippen molar-refractivity contribution in [3.63, 3.8) is 0 Å². The van der Waals surface area contributed by atoms with Crippen molar-refractivity contribution in [2.75, 3.05) is 13.1 Å². The molecule has 17 heavy (non-hydrogen) atoms. The standard InChI is InChI=1S/C13H17NO3/c1-9-4-5-10(7-12(9)16)13(17)14-6-2-3-11(15)8-14/h4-5,7,11,15-16H,2-3,6,8H2,1H3/t11-/m0/s1. The number of benzene rings is 1. The number of carbonyl (C=O) groups excluding carboxylic acids is 1. The molecular formula is C13H17NO3. The Kier molecular flexibility index (Phi) is 3.33. The summed E-state index contributed by atoms with van der Waals surface area (Å²) in [5, 5.41) is 19.1. The predicted molar refractivity (Wildman–Crippen MR) is 64.0 cm³/mol. The summed E-state index contributed by atoms with van der Waals surface area (Å²) >= 11 is 0. The lowest BCUT2D eigenvalue weighted by Gasteiger charge is -2.30. The van der Waals surface area contributed by atoms with Crippen LogP contribution >= 0.6 is 0 Å². The number of rotatable bonds is 1. The fourth-order valence-electron chi connectivity index (χ4n) is 2.06. The molecule has 0 saturated carbocycles. The highest BCUT2D eigenvalue weighted by Crippen LogP contribution is 2.20. The number of carbonyl (C=O) groups is 1. The lowest BCUT2D eigenvalue weighted by Crippen LogP contribution is -2.42. The Morgan fingerprint density at radius 2 is 2.24 bits per heavy atom. The van der Waals surface area contributed by atoms with E-state index < -0.39 is 6.10 Å². The summed E-state index contributed by atoms with van der Waals surface area (Å²) in [6.45, 7) is 2.84. The second-order valence-corrected chi connectivity index (χ2v) is 4.55. The molecule has 0 bridgehead atoms. The number of β-amino-alcohol motifs (C(OH)–C–C–N with tert-alkyl or cyclic N) is 1. The Hall–Kier alpha value is -1.55. The van der Waals surface area contributed by atoms with E-state index in [9.17, 15) is 15.0 Å². The van der Waals surface area contributed by atoms with Gasteiger partial charge in [0.25, 0.3) is 5.91 Å². The largest absolute Gasteiger partial charge is 0.508 e. The molecule has 1 heterocycles. The Morgan fingerprint density at radius 3 is 2.88 bits per heavy atom. The topological polar surface area (TPSA) is 60.8 Å². The van der Waals surface area contributed by atoms with Crippen molar-refractivity contribution in [3.05, 3.63) is 29.3 Å². The van der Waals surface area contributed by atoms with Crippen molar-refractivity contribution in [1.82, 2.24) is 4.90 Å². The summed E-state index contributed by atoms with van der Waals surface area (Å²) in [5.41, 5.74) is 1.22. The molecule has 1 atom stereocenters. The molecule has 0 aliphatic carbocycles. The van der Waals surface area contributed by atoms with Crippen LogP contribution in [-0.2, 0) is 0 Å². The quantitative estimate of drug-likeness (QED) is 0.771. The highest BCUT2D eigenvalue weighted by atomic mass is 16.3.